The number of hydrogen-bond donors (Lipinski definition) is 2. The third-order valence-electron chi connectivity index (χ3n) is 2.41. The molecule has 0 radical (unpaired) electrons. The molecule has 0 bridgehead atoms. The van der Waals surface area contributed by atoms with Crippen LogP contribution in [0.25, 0.3) is 0 Å². The van der Waals surface area contributed by atoms with Crippen molar-refractivity contribution in [2.45, 2.75) is 5.03 Å². The van der Waals surface area contributed by atoms with E-state index in [1.54, 1.807) is 7.05 Å². The molecule has 0 aliphatic heterocycles. The van der Waals surface area contributed by atoms with Crippen molar-refractivity contribution in [1.29, 1.82) is 0 Å². The number of carboxylic acids is 1. The fourth-order valence-electron chi connectivity index (χ4n) is 1.46. The monoisotopic (exact) mass is 315 g/mol. The fraction of sp³-hybridized carbons (Fsp3) is 0.0909. The molecule has 7 nitrogen and oxygen atoms in total. The number of imidazole rings is 1. The number of nitrogens with zero attached hydrogens (tertiary/aromatic N) is 2. The first-order chi connectivity index (χ1) is 9.29. The van der Waals surface area contributed by atoms with Crippen LogP contribution >= 0.6 is 11.6 Å². The number of rotatable bonds is 4. The van der Waals surface area contributed by atoms with Gasteiger partial charge in [0, 0.05) is 13.2 Å². The maximum atomic E-state index is 12.1. The van der Waals surface area contributed by atoms with E-state index in [0.29, 0.717) is 0 Å². The quantitative estimate of drug-likeness (QED) is 0.891. The summed E-state index contributed by atoms with van der Waals surface area (Å²) in [4.78, 5) is 14.6. The van der Waals surface area contributed by atoms with Gasteiger partial charge < -0.3 is 9.67 Å². The predicted octanol–water partition coefficient (Wildman–Crippen LogP) is 1.57. The Morgan fingerprint density at radius 1 is 1.45 bits per heavy atom. The Hall–Kier alpha value is -2.06. The number of carbonyl (C=O) groups is 1. The largest absolute Gasteiger partial charge is 0.478 e. The highest BCUT2D eigenvalue weighted by Crippen LogP contribution is 2.25. The van der Waals surface area contributed by atoms with Gasteiger partial charge in [0.05, 0.1) is 22.6 Å². The first-order valence-electron chi connectivity index (χ1n) is 5.33. The molecule has 106 valence electrons. The summed E-state index contributed by atoms with van der Waals surface area (Å²) in [7, 11) is -2.29. The van der Waals surface area contributed by atoms with Crippen LogP contribution in [0.5, 0.6) is 0 Å². The van der Waals surface area contributed by atoms with Gasteiger partial charge in [-0.3, -0.25) is 4.72 Å². The lowest BCUT2D eigenvalue weighted by Crippen LogP contribution is -2.14. The minimum absolute atomic E-state index is 0.0165. The summed E-state index contributed by atoms with van der Waals surface area (Å²) in [6.45, 7) is 0. The minimum Gasteiger partial charge on any atom is -0.478 e. The molecule has 1 aromatic carbocycles. The Kier molecular flexibility index (Phi) is 3.69. The van der Waals surface area contributed by atoms with Crippen LogP contribution in [-0.2, 0) is 17.1 Å². The van der Waals surface area contributed by atoms with Crippen molar-refractivity contribution in [3.05, 3.63) is 41.3 Å². The number of benzene rings is 1. The van der Waals surface area contributed by atoms with Crippen molar-refractivity contribution in [2.75, 3.05) is 4.72 Å². The second kappa shape index (κ2) is 5.14. The van der Waals surface area contributed by atoms with E-state index in [1.807, 2.05) is 0 Å². The molecule has 0 spiro atoms. The van der Waals surface area contributed by atoms with Gasteiger partial charge in [0.15, 0.2) is 5.03 Å². The Morgan fingerprint density at radius 3 is 2.70 bits per heavy atom. The van der Waals surface area contributed by atoms with Gasteiger partial charge in [-0.1, -0.05) is 11.6 Å². The molecule has 0 atom stereocenters. The van der Waals surface area contributed by atoms with Crippen LogP contribution in [0.2, 0.25) is 5.02 Å². The summed E-state index contributed by atoms with van der Waals surface area (Å²) >= 11 is 5.85. The SMILES string of the molecule is Cn1cnc(S(=O)(=O)Nc2cc(C(=O)O)ccc2Cl)c1. The second-order valence-corrected chi connectivity index (χ2v) is 6.02. The van der Waals surface area contributed by atoms with Gasteiger partial charge >= 0.3 is 5.97 Å². The summed E-state index contributed by atoms with van der Waals surface area (Å²) < 4.78 is 27.8. The van der Waals surface area contributed by atoms with Gasteiger partial charge in [0.2, 0.25) is 0 Å². The number of anilines is 1. The first-order valence-corrected chi connectivity index (χ1v) is 7.19. The Labute approximate surface area is 119 Å². The van der Waals surface area contributed by atoms with Crippen LogP contribution in [-0.4, -0.2) is 29.0 Å². The van der Waals surface area contributed by atoms with E-state index < -0.39 is 16.0 Å². The highest BCUT2D eigenvalue weighted by molar-refractivity contribution is 7.92. The summed E-state index contributed by atoms with van der Waals surface area (Å²) in [5, 5.41) is 8.79. The molecule has 9 heteroatoms. The number of aromatic carboxylic acids is 1. The van der Waals surface area contributed by atoms with Crippen molar-refractivity contribution in [1.82, 2.24) is 9.55 Å². The van der Waals surface area contributed by atoms with Gasteiger partial charge in [-0.25, -0.2) is 9.78 Å². The molecular weight excluding hydrogens is 306 g/mol. The van der Waals surface area contributed by atoms with Crippen molar-refractivity contribution in [3.63, 3.8) is 0 Å². The van der Waals surface area contributed by atoms with E-state index in [2.05, 4.69) is 9.71 Å². The smallest absolute Gasteiger partial charge is 0.335 e. The second-order valence-electron chi connectivity index (χ2n) is 3.98. The standard InChI is InChI=1S/C11H10ClN3O4S/c1-15-5-10(13-6-15)20(18,19)14-9-4-7(11(16)17)2-3-8(9)12/h2-6,14H,1H3,(H,16,17). The zero-order chi connectivity index (χ0) is 14.9. The number of nitrogens with one attached hydrogen (secondary N) is 1. The van der Waals surface area contributed by atoms with Crippen LogP contribution in [0.4, 0.5) is 5.69 Å². The van der Waals surface area contributed by atoms with Gasteiger partial charge in [0.1, 0.15) is 0 Å². The molecule has 2 aromatic rings. The molecule has 0 unspecified atom stereocenters. The lowest BCUT2D eigenvalue weighted by molar-refractivity contribution is 0.0697. The highest BCUT2D eigenvalue weighted by atomic mass is 35.5. The van der Waals surface area contributed by atoms with Crippen LogP contribution in [0, 0.1) is 0 Å². The lowest BCUT2D eigenvalue weighted by Gasteiger charge is -2.08. The molecule has 0 aliphatic carbocycles. The van der Waals surface area contributed by atoms with Gasteiger partial charge in [0.25, 0.3) is 10.0 Å². The Bertz CT molecular complexity index is 770. The summed E-state index contributed by atoms with van der Waals surface area (Å²) in [5.41, 5.74) is -0.0923. The van der Waals surface area contributed by atoms with Gasteiger partial charge in [-0.2, -0.15) is 8.42 Å². The van der Waals surface area contributed by atoms with E-state index >= 15 is 0 Å². The topological polar surface area (TPSA) is 101 Å². The third kappa shape index (κ3) is 2.91. The van der Waals surface area contributed by atoms with E-state index in [0.717, 1.165) is 6.07 Å². The van der Waals surface area contributed by atoms with E-state index in [9.17, 15) is 13.2 Å². The number of aromatic nitrogens is 2. The van der Waals surface area contributed by atoms with Gasteiger partial charge in [-0.15, -0.1) is 0 Å². The minimum atomic E-state index is -3.92. The molecular formula is C11H10ClN3O4S. The van der Waals surface area contributed by atoms with E-state index in [4.69, 9.17) is 16.7 Å². The highest BCUT2D eigenvalue weighted by Gasteiger charge is 2.19. The summed E-state index contributed by atoms with van der Waals surface area (Å²) in [5.74, 6) is -1.18. The predicted molar refractivity (Wildman–Crippen MR) is 72.4 cm³/mol. The average Bonchev–Trinajstić information content (AvgIpc) is 2.79. The molecule has 0 fully saturated rings. The van der Waals surface area contributed by atoms with Crippen molar-refractivity contribution >= 4 is 33.3 Å². The summed E-state index contributed by atoms with van der Waals surface area (Å²) in [6.07, 6.45) is 2.65. The lowest BCUT2D eigenvalue weighted by atomic mass is 10.2. The van der Waals surface area contributed by atoms with Crippen molar-refractivity contribution in [2.24, 2.45) is 7.05 Å². The van der Waals surface area contributed by atoms with Crippen LogP contribution in [0.3, 0.4) is 0 Å². The average molecular weight is 316 g/mol. The third-order valence-corrected chi connectivity index (χ3v) is 3.99. The molecule has 2 rings (SSSR count). The molecule has 0 amide bonds. The molecule has 0 aliphatic rings. The van der Waals surface area contributed by atoms with Crippen LogP contribution in [0.15, 0.2) is 35.7 Å². The van der Waals surface area contributed by atoms with Crippen molar-refractivity contribution in [3.8, 4) is 0 Å². The number of aryl methyl sites for hydroxylation is 1. The number of halogens is 1. The number of hydrogen-bond acceptors (Lipinski definition) is 4. The Balaban J connectivity index is 2.39. The molecule has 1 heterocycles. The molecule has 0 saturated carbocycles. The zero-order valence-electron chi connectivity index (χ0n) is 10.2. The number of carboxylic acid groups (broad SMARTS) is 1. The Morgan fingerprint density at radius 2 is 2.15 bits per heavy atom. The fourth-order valence-corrected chi connectivity index (χ4v) is 2.74. The summed E-state index contributed by atoms with van der Waals surface area (Å²) in [6, 6.07) is 3.73. The van der Waals surface area contributed by atoms with Crippen molar-refractivity contribution < 1.29 is 18.3 Å². The maximum Gasteiger partial charge on any atom is 0.335 e. The maximum absolute atomic E-state index is 12.1. The van der Waals surface area contributed by atoms with Crippen LogP contribution in [0.1, 0.15) is 10.4 Å². The normalized spacial score (nSPS) is 11.3. The van der Waals surface area contributed by atoms with E-state index in [-0.39, 0.29) is 21.3 Å². The van der Waals surface area contributed by atoms with Crippen LogP contribution < -0.4 is 4.72 Å². The number of sulfonamides is 1. The molecule has 0 saturated heterocycles. The molecule has 1 aromatic heterocycles. The molecule has 20 heavy (non-hydrogen) atoms. The zero-order valence-corrected chi connectivity index (χ0v) is 11.8. The first kappa shape index (κ1) is 14.4. The van der Waals surface area contributed by atoms with Gasteiger partial charge in [-0.05, 0) is 18.2 Å². The van der Waals surface area contributed by atoms with E-state index in [1.165, 1.54) is 29.2 Å². The molecule has 2 N–H and O–H groups in total.